The number of amides is 3. The number of carboxylic acid groups (broad SMARTS) is 1. The Morgan fingerprint density at radius 2 is 2.04 bits per heavy atom. The number of aliphatic carboxylic acids is 1. The summed E-state index contributed by atoms with van der Waals surface area (Å²) in [4.78, 5) is 37.3. The lowest BCUT2D eigenvalue weighted by Crippen LogP contribution is -2.72. The Kier molecular flexibility index (Phi) is 2.76. The summed E-state index contributed by atoms with van der Waals surface area (Å²) < 4.78 is -0.453. The third kappa shape index (κ3) is 1.75. The molecular formula is C15H15N3O4S. The first-order valence-electron chi connectivity index (χ1n) is 7.26. The third-order valence-corrected chi connectivity index (χ3v) is 6.58. The Hall–Kier alpha value is -2.22. The van der Waals surface area contributed by atoms with Crippen molar-refractivity contribution in [3.05, 3.63) is 30.3 Å². The predicted molar refractivity (Wildman–Crippen MR) is 84.0 cm³/mol. The zero-order valence-corrected chi connectivity index (χ0v) is 13.1. The van der Waals surface area contributed by atoms with E-state index in [0.717, 1.165) is 0 Å². The first-order chi connectivity index (χ1) is 10.9. The maximum Gasteiger partial charge on any atom is 0.331 e. The molecule has 3 unspecified atom stereocenters. The van der Waals surface area contributed by atoms with Gasteiger partial charge in [0.1, 0.15) is 11.4 Å². The van der Waals surface area contributed by atoms with Gasteiger partial charge in [-0.2, -0.15) is 0 Å². The fraction of sp³-hybridized carbons (Fsp3) is 0.400. The van der Waals surface area contributed by atoms with Crippen LogP contribution in [0.25, 0.3) is 0 Å². The molecule has 0 bridgehead atoms. The number of rotatable bonds is 3. The van der Waals surface area contributed by atoms with Gasteiger partial charge in [-0.25, -0.2) is 9.59 Å². The average molecular weight is 333 g/mol. The SMILES string of the molecule is CC12CC1(C(=O)O)N1C(=O)C(NC(=O)Nc3ccccc3)[C@H]1S2. The maximum absolute atomic E-state index is 12.3. The van der Waals surface area contributed by atoms with Gasteiger partial charge < -0.3 is 20.6 Å². The molecule has 7 nitrogen and oxygen atoms in total. The van der Waals surface area contributed by atoms with Crippen molar-refractivity contribution in [2.24, 2.45) is 0 Å². The molecule has 1 aromatic rings. The van der Waals surface area contributed by atoms with Gasteiger partial charge in [-0.1, -0.05) is 18.2 Å². The Balaban J connectivity index is 1.44. The molecule has 3 N–H and O–H groups in total. The summed E-state index contributed by atoms with van der Waals surface area (Å²) in [6, 6.07) is 7.77. The van der Waals surface area contributed by atoms with E-state index < -0.39 is 28.3 Å². The minimum Gasteiger partial charge on any atom is -0.479 e. The van der Waals surface area contributed by atoms with Crippen molar-refractivity contribution in [1.82, 2.24) is 10.2 Å². The molecule has 0 radical (unpaired) electrons. The van der Waals surface area contributed by atoms with E-state index in [0.29, 0.717) is 12.1 Å². The summed E-state index contributed by atoms with van der Waals surface area (Å²) >= 11 is 1.46. The van der Waals surface area contributed by atoms with Crippen LogP contribution in [-0.2, 0) is 9.59 Å². The molecule has 3 fully saturated rings. The molecule has 0 aromatic heterocycles. The average Bonchev–Trinajstić information content (AvgIpc) is 3.04. The van der Waals surface area contributed by atoms with Gasteiger partial charge in [0.25, 0.3) is 0 Å². The van der Waals surface area contributed by atoms with E-state index >= 15 is 0 Å². The fourth-order valence-electron chi connectivity index (χ4n) is 3.55. The minimum atomic E-state index is -1.09. The van der Waals surface area contributed by atoms with Crippen LogP contribution in [0.4, 0.5) is 10.5 Å². The summed E-state index contributed by atoms with van der Waals surface area (Å²) in [5.41, 5.74) is -0.461. The second-order valence-corrected chi connectivity index (χ2v) is 7.85. The van der Waals surface area contributed by atoms with Crippen molar-refractivity contribution in [2.75, 3.05) is 5.32 Å². The van der Waals surface area contributed by atoms with Gasteiger partial charge in [0.15, 0.2) is 5.54 Å². The number of nitrogens with zero attached hydrogens (tertiary/aromatic N) is 1. The normalized spacial score (nSPS) is 36.6. The molecule has 1 aliphatic carbocycles. The number of thioether (sulfide) groups is 1. The number of nitrogens with one attached hydrogen (secondary N) is 2. The van der Waals surface area contributed by atoms with E-state index in [2.05, 4.69) is 10.6 Å². The summed E-state index contributed by atoms with van der Waals surface area (Å²) in [6.45, 7) is 1.86. The van der Waals surface area contributed by atoms with Crippen molar-refractivity contribution in [2.45, 2.75) is 35.0 Å². The van der Waals surface area contributed by atoms with Crippen molar-refractivity contribution in [1.29, 1.82) is 0 Å². The maximum atomic E-state index is 12.3. The lowest BCUT2D eigenvalue weighted by Gasteiger charge is -2.45. The molecule has 2 heterocycles. The number of carbonyl (C=O) groups excluding carboxylic acids is 2. The van der Waals surface area contributed by atoms with Crippen LogP contribution in [0.5, 0.6) is 0 Å². The number of hydrogen-bond donors (Lipinski definition) is 3. The molecule has 1 aromatic carbocycles. The van der Waals surface area contributed by atoms with Crippen LogP contribution < -0.4 is 10.6 Å². The Labute approximate surface area is 136 Å². The van der Waals surface area contributed by atoms with E-state index in [1.54, 1.807) is 24.3 Å². The summed E-state index contributed by atoms with van der Waals surface area (Å²) in [6.07, 6.45) is 0.463. The van der Waals surface area contributed by atoms with Gasteiger partial charge in [-0.15, -0.1) is 11.8 Å². The molecule has 0 spiro atoms. The van der Waals surface area contributed by atoms with Crippen molar-refractivity contribution in [3.8, 4) is 0 Å². The minimum absolute atomic E-state index is 0.307. The molecule has 1 saturated carbocycles. The number of carbonyl (C=O) groups is 3. The van der Waals surface area contributed by atoms with Gasteiger partial charge >= 0.3 is 12.0 Å². The Morgan fingerprint density at radius 3 is 2.70 bits per heavy atom. The molecule has 23 heavy (non-hydrogen) atoms. The largest absolute Gasteiger partial charge is 0.479 e. The number of anilines is 1. The number of β-lactam (4-membered cyclic amide) rings is 1. The monoisotopic (exact) mass is 333 g/mol. The quantitative estimate of drug-likeness (QED) is 0.719. The van der Waals surface area contributed by atoms with Crippen molar-refractivity contribution in [3.63, 3.8) is 0 Å². The zero-order valence-electron chi connectivity index (χ0n) is 12.3. The van der Waals surface area contributed by atoms with Crippen molar-refractivity contribution >= 4 is 35.4 Å². The van der Waals surface area contributed by atoms with Crippen LogP contribution in [0.2, 0.25) is 0 Å². The van der Waals surface area contributed by atoms with E-state index in [1.165, 1.54) is 16.7 Å². The first-order valence-corrected chi connectivity index (χ1v) is 8.14. The Bertz CT molecular complexity index is 727. The molecule has 2 aliphatic heterocycles. The van der Waals surface area contributed by atoms with Crippen LogP contribution >= 0.6 is 11.8 Å². The predicted octanol–water partition coefficient (Wildman–Crippen LogP) is 1.08. The number of fused-ring (bicyclic) bond motifs is 3. The second kappa shape index (κ2) is 4.41. The van der Waals surface area contributed by atoms with Crippen LogP contribution in [0.15, 0.2) is 30.3 Å². The molecule has 2 saturated heterocycles. The highest BCUT2D eigenvalue weighted by Crippen LogP contribution is 2.71. The topological polar surface area (TPSA) is 98.7 Å². The van der Waals surface area contributed by atoms with Crippen molar-refractivity contribution < 1.29 is 19.5 Å². The molecule has 120 valence electrons. The molecule has 8 heteroatoms. The highest BCUT2D eigenvalue weighted by Gasteiger charge is 2.85. The highest BCUT2D eigenvalue weighted by molar-refractivity contribution is 8.02. The molecule has 4 rings (SSSR count). The smallest absolute Gasteiger partial charge is 0.331 e. The lowest BCUT2D eigenvalue weighted by atomic mass is 10.0. The van der Waals surface area contributed by atoms with Crippen LogP contribution in [0.3, 0.4) is 0 Å². The molecule has 4 atom stereocenters. The Morgan fingerprint density at radius 1 is 1.35 bits per heavy atom. The fourth-order valence-corrected chi connectivity index (χ4v) is 5.46. The van der Waals surface area contributed by atoms with Gasteiger partial charge in [0.2, 0.25) is 5.91 Å². The number of benzene rings is 1. The van der Waals surface area contributed by atoms with Gasteiger partial charge in [-0.05, 0) is 19.1 Å². The van der Waals surface area contributed by atoms with E-state index in [1.807, 2.05) is 13.0 Å². The van der Waals surface area contributed by atoms with E-state index in [-0.39, 0.29) is 11.3 Å². The van der Waals surface area contributed by atoms with Gasteiger partial charge in [0.05, 0.1) is 4.75 Å². The highest BCUT2D eigenvalue weighted by atomic mass is 32.2. The van der Waals surface area contributed by atoms with Crippen LogP contribution in [0, 0.1) is 0 Å². The van der Waals surface area contributed by atoms with E-state index in [9.17, 15) is 19.5 Å². The zero-order chi connectivity index (χ0) is 16.4. The van der Waals surface area contributed by atoms with E-state index in [4.69, 9.17) is 0 Å². The molecular weight excluding hydrogens is 318 g/mol. The third-order valence-electron chi connectivity index (χ3n) is 4.85. The summed E-state index contributed by atoms with van der Waals surface area (Å²) in [5, 5.41) is 14.5. The number of para-hydroxylation sites is 1. The van der Waals surface area contributed by atoms with Crippen LogP contribution in [-0.4, -0.2) is 49.6 Å². The second-order valence-electron chi connectivity index (χ2n) is 6.23. The number of carboxylic acids is 1. The van der Waals surface area contributed by atoms with Crippen LogP contribution in [0.1, 0.15) is 13.3 Å². The summed E-state index contributed by atoms with van der Waals surface area (Å²) in [5.74, 6) is -1.29. The van der Waals surface area contributed by atoms with Gasteiger partial charge in [0, 0.05) is 12.1 Å². The standard InChI is InChI=1S/C15H15N3O4S/c1-14-7-15(14,12(20)21)18-10(19)9(11(18)23-14)17-13(22)16-8-5-3-2-4-6-8/h2-6,9,11H,7H2,1H3,(H,20,21)(H2,16,17,22)/t9?,11-,14?,15?/m1/s1. The first kappa shape index (κ1) is 14.4. The number of hydrogen-bond acceptors (Lipinski definition) is 4. The van der Waals surface area contributed by atoms with Gasteiger partial charge in [-0.3, -0.25) is 4.79 Å². The lowest BCUT2D eigenvalue weighted by molar-refractivity contribution is -0.162. The molecule has 3 aliphatic rings. The molecule has 3 amide bonds. The number of urea groups is 1. The summed E-state index contributed by atoms with van der Waals surface area (Å²) in [7, 11) is 0.